The minimum Gasteiger partial charge on any atom is -0.347 e. The van der Waals surface area contributed by atoms with Crippen molar-refractivity contribution in [3.63, 3.8) is 0 Å². The number of allylic oxidation sites excluding steroid dienone is 2. The van der Waals surface area contributed by atoms with Crippen molar-refractivity contribution in [3.8, 4) is 0 Å². The van der Waals surface area contributed by atoms with Gasteiger partial charge in [-0.25, -0.2) is 0 Å². The summed E-state index contributed by atoms with van der Waals surface area (Å²) in [5.41, 5.74) is 1.43. The van der Waals surface area contributed by atoms with Gasteiger partial charge in [-0.1, -0.05) is 12.5 Å². The van der Waals surface area contributed by atoms with Crippen LogP contribution in [0.4, 0.5) is 0 Å². The highest BCUT2D eigenvalue weighted by atomic mass is 16.7. The molecular weight excluding hydrogens is 204 g/mol. The number of hydrogen-bond acceptors (Lipinski definition) is 3. The summed E-state index contributed by atoms with van der Waals surface area (Å²) in [6.45, 7) is 3.68. The first kappa shape index (κ1) is 10.5. The number of ether oxygens (including phenoxy) is 2. The van der Waals surface area contributed by atoms with Gasteiger partial charge >= 0.3 is 0 Å². The summed E-state index contributed by atoms with van der Waals surface area (Å²) >= 11 is 0. The van der Waals surface area contributed by atoms with E-state index in [0.717, 1.165) is 25.7 Å². The van der Waals surface area contributed by atoms with E-state index >= 15 is 0 Å². The zero-order valence-corrected chi connectivity index (χ0v) is 9.75. The molecule has 3 rings (SSSR count). The fourth-order valence-corrected chi connectivity index (χ4v) is 3.33. The second-order valence-corrected chi connectivity index (χ2v) is 5.48. The Bertz CT molecular complexity index is 352. The van der Waals surface area contributed by atoms with Crippen molar-refractivity contribution < 1.29 is 14.3 Å². The molecule has 0 N–H and O–H groups in total. The number of rotatable bonds is 0. The van der Waals surface area contributed by atoms with Gasteiger partial charge in [-0.2, -0.15) is 0 Å². The topological polar surface area (TPSA) is 35.5 Å². The van der Waals surface area contributed by atoms with Gasteiger partial charge in [0.15, 0.2) is 11.6 Å². The molecule has 0 amide bonds. The number of hydrogen-bond donors (Lipinski definition) is 0. The monoisotopic (exact) mass is 222 g/mol. The third-order valence-electron chi connectivity index (χ3n) is 4.28. The quantitative estimate of drug-likeness (QED) is 0.630. The first-order chi connectivity index (χ1) is 7.62. The van der Waals surface area contributed by atoms with Crippen LogP contribution >= 0.6 is 0 Å². The summed E-state index contributed by atoms with van der Waals surface area (Å²) in [7, 11) is 0. The lowest BCUT2D eigenvalue weighted by Crippen LogP contribution is -2.43. The van der Waals surface area contributed by atoms with Crippen LogP contribution in [0.15, 0.2) is 11.6 Å². The lowest BCUT2D eigenvalue weighted by Gasteiger charge is -2.46. The molecule has 3 aliphatic rings. The third-order valence-corrected chi connectivity index (χ3v) is 4.28. The Balaban J connectivity index is 1.88. The zero-order valence-electron chi connectivity index (χ0n) is 9.75. The summed E-state index contributed by atoms with van der Waals surface area (Å²) in [4.78, 5) is 11.4. The van der Waals surface area contributed by atoms with Gasteiger partial charge < -0.3 is 9.47 Å². The molecule has 1 atom stereocenters. The van der Waals surface area contributed by atoms with Gasteiger partial charge in [0.05, 0.1) is 13.2 Å². The number of carbonyl (C=O) groups excluding carboxylic acids is 1. The van der Waals surface area contributed by atoms with Crippen molar-refractivity contribution >= 4 is 5.78 Å². The lowest BCUT2D eigenvalue weighted by atomic mass is 9.64. The average molecular weight is 222 g/mol. The van der Waals surface area contributed by atoms with Gasteiger partial charge in [-0.3, -0.25) is 4.79 Å². The maximum atomic E-state index is 11.4. The normalized spacial score (nSPS) is 37.3. The second kappa shape index (κ2) is 3.41. The van der Waals surface area contributed by atoms with Crippen LogP contribution < -0.4 is 0 Å². The first-order valence-corrected chi connectivity index (χ1v) is 6.14. The van der Waals surface area contributed by atoms with E-state index in [-0.39, 0.29) is 17.0 Å². The summed E-state index contributed by atoms with van der Waals surface area (Å²) in [5, 5.41) is 0. The van der Waals surface area contributed by atoms with E-state index < -0.39 is 0 Å². The number of fused-ring (bicyclic) bond motifs is 1. The molecule has 0 aromatic carbocycles. The molecule has 16 heavy (non-hydrogen) atoms. The Hall–Kier alpha value is -0.670. The van der Waals surface area contributed by atoms with E-state index in [9.17, 15) is 4.79 Å². The van der Waals surface area contributed by atoms with Crippen LogP contribution in [-0.2, 0) is 14.3 Å². The van der Waals surface area contributed by atoms with E-state index in [2.05, 4.69) is 6.92 Å². The Morgan fingerprint density at radius 2 is 1.94 bits per heavy atom. The fourth-order valence-electron chi connectivity index (χ4n) is 3.33. The van der Waals surface area contributed by atoms with Crippen LogP contribution in [0.5, 0.6) is 0 Å². The number of carbonyl (C=O) groups is 1. The maximum Gasteiger partial charge on any atom is 0.169 e. The van der Waals surface area contributed by atoms with Crippen molar-refractivity contribution in [2.75, 3.05) is 13.2 Å². The molecule has 3 heteroatoms. The molecule has 0 radical (unpaired) electrons. The standard InChI is InChI=1S/C13H18O3/c1-12-4-3-11(14)8-10(12)2-5-13(9-12)15-6-7-16-13/h8H,2-7,9H2,1H3/t12-/m0/s1. The van der Waals surface area contributed by atoms with Gasteiger partial charge in [0, 0.05) is 19.3 Å². The summed E-state index contributed by atoms with van der Waals surface area (Å²) in [6, 6.07) is 0. The molecule has 0 aromatic heterocycles. The van der Waals surface area contributed by atoms with Gasteiger partial charge in [-0.05, 0) is 24.3 Å². The van der Waals surface area contributed by atoms with Crippen LogP contribution in [0.2, 0.25) is 0 Å². The summed E-state index contributed by atoms with van der Waals surface area (Å²) in [5.74, 6) is -0.0522. The largest absolute Gasteiger partial charge is 0.347 e. The highest BCUT2D eigenvalue weighted by Gasteiger charge is 2.49. The van der Waals surface area contributed by atoms with Gasteiger partial charge in [-0.15, -0.1) is 0 Å². The van der Waals surface area contributed by atoms with Crippen LogP contribution in [0.1, 0.15) is 39.0 Å². The first-order valence-electron chi connectivity index (χ1n) is 6.14. The van der Waals surface area contributed by atoms with E-state index in [0.29, 0.717) is 19.6 Å². The summed E-state index contributed by atoms with van der Waals surface area (Å²) in [6.07, 6.45) is 6.26. The van der Waals surface area contributed by atoms with E-state index in [1.54, 1.807) is 0 Å². The minimum absolute atomic E-state index is 0.122. The van der Waals surface area contributed by atoms with Gasteiger partial charge in [0.1, 0.15) is 0 Å². The van der Waals surface area contributed by atoms with E-state index in [4.69, 9.17) is 9.47 Å². The molecular formula is C13H18O3. The molecule has 1 saturated carbocycles. The van der Waals surface area contributed by atoms with Crippen molar-refractivity contribution in [1.82, 2.24) is 0 Å². The van der Waals surface area contributed by atoms with Crippen molar-refractivity contribution in [3.05, 3.63) is 11.6 Å². The lowest BCUT2D eigenvalue weighted by molar-refractivity contribution is -0.191. The molecule has 1 heterocycles. The smallest absolute Gasteiger partial charge is 0.169 e. The minimum atomic E-state index is -0.341. The Kier molecular flexibility index (Phi) is 2.23. The van der Waals surface area contributed by atoms with Gasteiger partial charge in [0.2, 0.25) is 0 Å². The molecule has 2 fully saturated rings. The Morgan fingerprint density at radius 1 is 1.19 bits per heavy atom. The highest BCUT2D eigenvalue weighted by Crippen LogP contribution is 2.52. The third kappa shape index (κ3) is 1.54. The Morgan fingerprint density at radius 3 is 2.69 bits per heavy atom. The van der Waals surface area contributed by atoms with E-state index in [1.165, 1.54) is 5.57 Å². The predicted octanol–water partition coefficient (Wildman–Crippen LogP) is 2.21. The van der Waals surface area contributed by atoms with Crippen molar-refractivity contribution in [2.24, 2.45) is 5.41 Å². The zero-order chi connectivity index (χ0) is 11.2. The van der Waals surface area contributed by atoms with Gasteiger partial charge in [0.25, 0.3) is 0 Å². The molecule has 0 bridgehead atoms. The number of ketones is 1. The van der Waals surface area contributed by atoms with Crippen molar-refractivity contribution in [1.29, 1.82) is 0 Å². The van der Waals surface area contributed by atoms with Crippen LogP contribution in [0.3, 0.4) is 0 Å². The molecule has 1 spiro atoms. The molecule has 0 unspecified atom stereocenters. The fraction of sp³-hybridized carbons (Fsp3) is 0.769. The maximum absolute atomic E-state index is 11.4. The van der Waals surface area contributed by atoms with Crippen LogP contribution in [-0.4, -0.2) is 24.8 Å². The Labute approximate surface area is 95.8 Å². The highest BCUT2D eigenvalue weighted by molar-refractivity contribution is 5.91. The molecule has 1 aliphatic heterocycles. The van der Waals surface area contributed by atoms with Crippen molar-refractivity contribution in [2.45, 2.75) is 44.8 Å². The van der Waals surface area contributed by atoms with Crippen LogP contribution in [0.25, 0.3) is 0 Å². The SMILES string of the molecule is C[C@@]12CCC(=O)C=C1CCC1(C2)OCCO1. The second-order valence-electron chi connectivity index (χ2n) is 5.48. The van der Waals surface area contributed by atoms with E-state index in [1.807, 2.05) is 6.08 Å². The van der Waals surface area contributed by atoms with Crippen LogP contribution in [0, 0.1) is 5.41 Å². The molecule has 88 valence electrons. The molecule has 0 aromatic rings. The molecule has 1 saturated heterocycles. The average Bonchev–Trinajstić information content (AvgIpc) is 2.68. The molecule has 3 nitrogen and oxygen atoms in total. The summed E-state index contributed by atoms with van der Waals surface area (Å²) < 4.78 is 11.6. The predicted molar refractivity (Wildman–Crippen MR) is 58.9 cm³/mol. The molecule has 2 aliphatic carbocycles.